The molecule has 5 nitrogen and oxygen atoms in total. The second-order valence-electron chi connectivity index (χ2n) is 5.60. The summed E-state index contributed by atoms with van der Waals surface area (Å²) in [5.74, 6) is -1.06. The van der Waals surface area contributed by atoms with Gasteiger partial charge in [-0.05, 0) is 51.5 Å². The van der Waals surface area contributed by atoms with Crippen molar-refractivity contribution in [3.63, 3.8) is 0 Å². The average molecular weight is 392 g/mol. The minimum absolute atomic E-state index is 0.112. The van der Waals surface area contributed by atoms with Crippen LogP contribution in [0.1, 0.15) is 56.3 Å². The lowest BCUT2D eigenvalue weighted by Crippen LogP contribution is -2.25. The van der Waals surface area contributed by atoms with Crippen LogP contribution in [0.25, 0.3) is 0 Å². The molecular formula is C18H18BrNO4. The predicted molar refractivity (Wildman–Crippen MR) is 93.6 cm³/mol. The molecule has 24 heavy (non-hydrogen) atoms. The van der Waals surface area contributed by atoms with Gasteiger partial charge in [0, 0.05) is 15.7 Å². The number of ether oxygens (including phenoxy) is 1. The van der Waals surface area contributed by atoms with E-state index in [9.17, 15) is 14.4 Å². The number of rotatable bonds is 5. The molecule has 0 amide bonds. The molecule has 0 saturated heterocycles. The zero-order valence-electron chi connectivity index (χ0n) is 13.9. The third-order valence-electron chi connectivity index (χ3n) is 3.75. The fourth-order valence-electron chi connectivity index (χ4n) is 2.63. The second kappa shape index (κ2) is 7.13. The molecule has 1 aromatic heterocycles. The van der Waals surface area contributed by atoms with E-state index in [2.05, 4.69) is 20.9 Å². The Morgan fingerprint density at radius 2 is 1.88 bits per heavy atom. The number of nitrogens with one attached hydrogen (secondary N) is 1. The summed E-state index contributed by atoms with van der Waals surface area (Å²) in [6, 6.07) is 6.74. The van der Waals surface area contributed by atoms with Crippen molar-refractivity contribution in [2.45, 2.75) is 33.8 Å². The van der Waals surface area contributed by atoms with Crippen molar-refractivity contribution in [1.29, 1.82) is 0 Å². The molecule has 1 aromatic carbocycles. The maximum Gasteiger partial charge on any atom is 0.338 e. The lowest BCUT2D eigenvalue weighted by molar-refractivity contribution is 0.0317. The Hall–Kier alpha value is -2.21. The van der Waals surface area contributed by atoms with E-state index in [0.717, 1.165) is 4.47 Å². The summed E-state index contributed by atoms with van der Waals surface area (Å²) in [6.45, 7) is 6.41. The Morgan fingerprint density at radius 3 is 2.42 bits per heavy atom. The average Bonchev–Trinajstić information content (AvgIpc) is 2.81. The van der Waals surface area contributed by atoms with Gasteiger partial charge < -0.3 is 9.72 Å². The lowest BCUT2D eigenvalue weighted by atomic mass is 10.0. The molecule has 2 rings (SSSR count). The molecule has 126 valence electrons. The number of aromatic nitrogens is 1. The minimum Gasteiger partial charge on any atom is -0.451 e. The molecule has 0 spiro atoms. The van der Waals surface area contributed by atoms with Gasteiger partial charge in [-0.2, -0.15) is 0 Å². The van der Waals surface area contributed by atoms with Gasteiger partial charge in [0.2, 0.25) is 5.78 Å². The fourth-order valence-corrected chi connectivity index (χ4v) is 3.02. The monoisotopic (exact) mass is 391 g/mol. The van der Waals surface area contributed by atoms with Crippen LogP contribution < -0.4 is 0 Å². The molecule has 0 aliphatic carbocycles. The Balaban J connectivity index is 2.20. The van der Waals surface area contributed by atoms with E-state index in [0.29, 0.717) is 28.1 Å². The van der Waals surface area contributed by atoms with E-state index in [1.807, 2.05) is 0 Å². The first-order valence-corrected chi connectivity index (χ1v) is 8.22. The van der Waals surface area contributed by atoms with Crippen LogP contribution in [0.15, 0.2) is 28.7 Å². The molecule has 0 unspecified atom stereocenters. The molecule has 0 fully saturated rings. The number of esters is 1. The Kier molecular flexibility index (Phi) is 5.39. The quantitative estimate of drug-likeness (QED) is 0.616. The summed E-state index contributed by atoms with van der Waals surface area (Å²) in [6.07, 6.45) is -0.965. The minimum atomic E-state index is -0.965. The molecule has 1 N–H and O–H groups in total. The molecule has 6 heteroatoms. The highest BCUT2D eigenvalue weighted by Crippen LogP contribution is 2.21. The largest absolute Gasteiger partial charge is 0.451 e. The Morgan fingerprint density at radius 1 is 1.21 bits per heavy atom. The maximum atomic E-state index is 12.6. The zero-order chi connectivity index (χ0) is 18.0. The number of aryl methyl sites for hydroxylation is 1. The van der Waals surface area contributed by atoms with Crippen LogP contribution in [0.5, 0.6) is 0 Å². The van der Waals surface area contributed by atoms with Crippen molar-refractivity contribution in [3.05, 3.63) is 56.8 Å². The normalized spacial score (nSPS) is 11.9. The first kappa shape index (κ1) is 18.1. The summed E-state index contributed by atoms with van der Waals surface area (Å²) in [5.41, 5.74) is 2.37. The van der Waals surface area contributed by atoms with Gasteiger partial charge in [0.1, 0.15) is 0 Å². The number of carbonyl (C=O) groups excluding carboxylic acids is 3. The molecule has 0 saturated carbocycles. The van der Waals surface area contributed by atoms with Gasteiger partial charge in [-0.3, -0.25) is 9.59 Å². The number of ketones is 2. The van der Waals surface area contributed by atoms with Crippen molar-refractivity contribution in [3.8, 4) is 0 Å². The maximum absolute atomic E-state index is 12.6. The summed E-state index contributed by atoms with van der Waals surface area (Å²) in [7, 11) is 0. The molecule has 0 bridgehead atoms. The van der Waals surface area contributed by atoms with Crippen LogP contribution in [-0.4, -0.2) is 28.6 Å². The van der Waals surface area contributed by atoms with E-state index < -0.39 is 12.1 Å². The number of hydrogen-bond acceptors (Lipinski definition) is 4. The van der Waals surface area contributed by atoms with E-state index >= 15 is 0 Å². The smallest absolute Gasteiger partial charge is 0.338 e. The van der Waals surface area contributed by atoms with Crippen LogP contribution >= 0.6 is 15.9 Å². The van der Waals surface area contributed by atoms with Crippen LogP contribution in [0.2, 0.25) is 0 Å². The molecule has 0 aliphatic heterocycles. The third kappa shape index (κ3) is 3.64. The van der Waals surface area contributed by atoms with Crippen molar-refractivity contribution in [2.24, 2.45) is 0 Å². The molecule has 0 aliphatic rings. The topological polar surface area (TPSA) is 76.2 Å². The number of benzene rings is 1. The van der Waals surface area contributed by atoms with Crippen molar-refractivity contribution in [2.75, 3.05) is 0 Å². The Bertz CT molecular complexity index is 822. The summed E-state index contributed by atoms with van der Waals surface area (Å²) in [5, 5.41) is 0. The Labute approximate surface area is 148 Å². The van der Waals surface area contributed by atoms with Crippen LogP contribution in [-0.2, 0) is 4.74 Å². The molecule has 0 radical (unpaired) electrons. The van der Waals surface area contributed by atoms with Crippen LogP contribution in [0, 0.1) is 13.8 Å². The van der Waals surface area contributed by atoms with E-state index in [-0.39, 0.29) is 11.6 Å². The molecule has 1 heterocycles. The van der Waals surface area contributed by atoms with Crippen molar-refractivity contribution < 1.29 is 19.1 Å². The second-order valence-corrected chi connectivity index (χ2v) is 6.52. The SMILES string of the molecule is CC(=O)c1c(C)[nH]c(C(=O)[C@@H](C)OC(=O)c2cccc(Br)c2)c1C. The number of aromatic amines is 1. The van der Waals surface area contributed by atoms with Crippen LogP contribution in [0.4, 0.5) is 0 Å². The number of carbonyl (C=O) groups is 3. The number of hydrogen-bond donors (Lipinski definition) is 1. The van der Waals surface area contributed by atoms with Gasteiger partial charge in [0.05, 0.1) is 11.3 Å². The number of halogens is 1. The molecule has 1 atom stereocenters. The van der Waals surface area contributed by atoms with Gasteiger partial charge in [-0.1, -0.05) is 22.0 Å². The third-order valence-corrected chi connectivity index (χ3v) is 4.24. The highest BCUT2D eigenvalue weighted by atomic mass is 79.9. The van der Waals surface area contributed by atoms with Gasteiger partial charge in [-0.25, -0.2) is 4.79 Å². The number of H-pyrrole nitrogens is 1. The standard InChI is InChI=1S/C18H18BrNO4/c1-9-15(11(3)21)10(2)20-16(9)17(22)12(4)24-18(23)13-6-5-7-14(19)8-13/h5-8,12,20H,1-4H3/t12-/m1/s1. The summed E-state index contributed by atoms with van der Waals surface area (Å²) >= 11 is 3.28. The van der Waals surface area contributed by atoms with Gasteiger partial charge in [0.25, 0.3) is 0 Å². The summed E-state index contributed by atoms with van der Waals surface area (Å²) < 4.78 is 6.01. The first-order chi connectivity index (χ1) is 11.2. The van der Waals surface area contributed by atoms with E-state index in [1.54, 1.807) is 38.1 Å². The van der Waals surface area contributed by atoms with E-state index in [1.165, 1.54) is 13.8 Å². The summed E-state index contributed by atoms with van der Waals surface area (Å²) in [4.78, 5) is 39.3. The predicted octanol–water partition coefficient (Wildman–Crippen LogP) is 4.02. The van der Waals surface area contributed by atoms with Crippen molar-refractivity contribution in [1.82, 2.24) is 4.98 Å². The lowest BCUT2D eigenvalue weighted by Gasteiger charge is -2.12. The van der Waals surface area contributed by atoms with Gasteiger partial charge in [-0.15, -0.1) is 0 Å². The van der Waals surface area contributed by atoms with Crippen LogP contribution in [0.3, 0.4) is 0 Å². The molecule has 2 aromatic rings. The molecular weight excluding hydrogens is 374 g/mol. The first-order valence-electron chi connectivity index (χ1n) is 7.43. The zero-order valence-corrected chi connectivity index (χ0v) is 15.5. The van der Waals surface area contributed by atoms with E-state index in [4.69, 9.17) is 4.74 Å². The highest BCUT2D eigenvalue weighted by Gasteiger charge is 2.26. The number of Topliss-reactive ketones (excluding diaryl/α,β-unsaturated/α-hetero) is 2. The highest BCUT2D eigenvalue weighted by molar-refractivity contribution is 9.10. The van der Waals surface area contributed by atoms with Gasteiger partial charge >= 0.3 is 5.97 Å². The fraction of sp³-hybridized carbons (Fsp3) is 0.278. The van der Waals surface area contributed by atoms with Crippen molar-refractivity contribution >= 4 is 33.5 Å². The van der Waals surface area contributed by atoms with Gasteiger partial charge in [0.15, 0.2) is 11.9 Å².